The molecule has 3 aromatic rings. The lowest BCUT2D eigenvalue weighted by atomic mass is 10.00. The van der Waals surface area contributed by atoms with Gasteiger partial charge in [-0.25, -0.2) is 0 Å². The normalized spacial score (nSPS) is 17.1. The summed E-state index contributed by atoms with van der Waals surface area (Å²) in [6.45, 7) is 0. The first-order valence-corrected chi connectivity index (χ1v) is 7.94. The highest BCUT2D eigenvalue weighted by Gasteiger charge is 2.32. The quantitative estimate of drug-likeness (QED) is 0.693. The first-order valence-electron chi connectivity index (χ1n) is 7.12. The fourth-order valence-electron chi connectivity index (χ4n) is 2.85. The van der Waals surface area contributed by atoms with Gasteiger partial charge in [-0.2, -0.15) is 0 Å². The van der Waals surface area contributed by atoms with Gasteiger partial charge in [-0.3, -0.25) is 4.79 Å². The van der Waals surface area contributed by atoms with E-state index in [1.807, 2.05) is 48.5 Å². The molecule has 1 unspecified atom stereocenters. The molecule has 4 rings (SSSR count). The monoisotopic (exact) mass is 310 g/mol. The minimum atomic E-state index is -0.232. The number of benzene rings is 2. The van der Waals surface area contributed by atoms with Crippen LogP contribution in [0, 0.1) is 0 Å². The lowest BCUT2D eigenvalue weighted by Gasteiger charge is -2.24. The van der Waals surface area contributed by atoms with E-state index in [0.717, 1.165) is 21.4 Å². The van der Waals surface area contributed by atoms with Crippen molar-refractivity contribution >= 4 is 27.2 Å². The zero-order valence-electron chi connectivity index (χ0n) is 12.0. The van der Waals surface area contributed by atoms with Crippen molar-refractivity contribution < 1.29 is 14.3 Å². The maximum absolute atomic E-state index is 12.5. The molecular formula is C18H14O3S. The molecule has 0 bridgehead atoms. The second kappa shape index (κ2) is 5.14. The number of carbonyl (C=O) groups excluding carboxylic acids is 1. The molecule has 1 aliphatic heterocycles. The van der Waals surface area contributed by atoms with Crippen LogP contribution in [0.15, 0.2) is 48.5 Å². The molecule has 22 heavy (non-hydrogen) atoms. The van der Waals surface area contributed by atoms with E-state index in [1.54, 1.807) is 7.11 Å². The van der Waals surface area contributed by atoms with Gasteiger partial charge < -0.3 is 9.47 Å². The minimum absolute atomic E-state index is 0.137. The summed E-state index contributed by atoms with van der Waals surface area (Å²) in [5, 5.41) is 0.902. The smallest absolute Gasteiger partial charge is 0.180 e. The van der Waals surface area contributed by atoms with Gasteiger partial charge in [-0.1, -0.05) is 36.4 Å². The van der Waals surface area contributed by atoms with Crippen molar-refractivity contribution in [3.63, 3.8) is 0 Å². The van der Waals surface area contributed by atoms with E-state index >= 15 is 0 Å². The number of carbonyl (C=O) groups is 1. The third kappa shape index (κ3) is 1.99. The standard InChI is InChI=1S/C18H14O3S/c1-20-13-8-5-9-15-16(13)17-18(22-15)12(19)10-14(21-17)11-6-3-2-4-7-11/h2-9,14H,10H2,1H3. The van der Waals surface area contributed by atoms with Crippen LogP contribution in [-0.2, 0) is 0 Å². The SMILES string of the molecule is COc1cccc2sc3c(c12)OC(c1ccccc1)CC3=O. The minimum Gasteiger partial charge on any atom is -0.496 e. The van der Waals surface area contributed by atoms with E-state index in [2.05, 4.69) is 0 Å². The predicted molar refractivity (Wildman–Crippen MR) is 87.1 cm³/mol. The van der Waals surface area contributed by atoms with E-state index in [9.17, 15) is 4.79 Å². The molecule has 0 amide bonds. The highest BCUT2D eigenvalue weighted by molar-refractivity contribution is 7.21. The predicted octanol–water partition coefficient (Wildman–Crippen LogP) is 4.62. The molecule has 0 saturated heterocycles. The van der Waals surface area contributed by atoms with Crippen molar-refractivity contribution in [2.24, 2.45) is 0 Å². The van der Waals surface area contributed by atoms with Gasteiger partial charge in [0.15, 0.2) is 11.5 Å². The Morgan fingerprint density at radius 3 is 2.73 bits per heavy atom. The Kier molecular flexibility index (Phi) is 3.12. The van der Waals surface area contributed by atoms with Gasteiger partial charge in [-0.05, 0) is 17.7 Å². The van der Waals surface area contributed by atoms with Gasteiger partial charge >= 0.3 is 0 Å². The molecule has 0 N–H and O–H groups in total. The second-order valence-electron chi connectivity index (χ2n) is 5.24. The number of ether oxygens (including phenoxy) is 2. The molecule has 4 heteroatoms. The van der Waals surface area contributed by atoms with Crippen LogP contribution in [0.1, 0.15) is 27.8 Å². The number of hydrogen-bond acceptors (Lipinski definition) is 4. The molecule has 1 atom stereocenters. The number of fused-ring (bicyclic) bond motifs is 3. The molecule has 3 nitrogen and oxygen atoms in total. The summed E-state index contributed by atoms with van der Waals surface area (Å²) in [6, 6.07) is 15.7. The molecular weight excluding hydrogens is 296 g/mol. The van der Waals surface area contributed by atoms with Crippen LogP contribution in [0.2, 0.25) is 0 Å². The number of ketones is 1. The van der Waals surface area contributed by atoms with Crippen LogP contribution >= 0.6 is 11.3 Å². The van der Waals surface area contributed by atoms with E-state index in [-0.39, 0.29) is 11.9 Å². The average molecular weight is 310 g/mol. The Balaban J connectivity index is 1.87. The van der Waals surface area contributed by atoms with E-state index in [4.69, 9.17) is 9.47 Å². The van der Waals surface area contributed by atoms with Crippen molar-refractivity contribution in [3.8, 4) is 11.5 Å². The summed E-state index contributed by atoms with van der Waals surface area (Å²) in [4.78, 5) is 13.2. The molecule has 0 saturated carbocycles. The summed E-state index contributed by atoms with van der Waals surface area (Å²) >= 11 is 1.48. The highest BCUT2D eigenvalue weighted by atomic mass is 32.1. The first-order chi connectivity index (χ1) is 10.8. The fourth-order valence-corrected chi connectivity index (χ4v) is 3.96. The lowest BCUT2D eigenvalue weighted by molar-refractivity contribution is 0.0861. The van der Waals surface area contributed by atoms with Crippen LogP contribution in [0.25, 0.3) is 10.1 Å². The van der Waals surface area contributed by atoms with Crippen molar-refractivity contribution in [2.45, 2.75) is 12.5 Å². The molecule has 0 spiro atoms. The summed E-state index contributed by atoms with van der Waals surface area (Å²) in [5.74, 6) is 1.55. The van der Waals surface area contributed by atoms with Gasteiger partial charge in [0.1, 0.15) is 16.7 Å². The average Bonchev–Trinajstić information content (AvgIpc) is 2.95. The topological polar surface area (TPSA) is 35.5 Å². The summed E-state index contributed by atoms with van der Waals surface area (Å²) in [6.07, 6.45) is 0.149. The zero-order valence-corrected chi connectivity index (χ0v) is 12.9. The van der Waals surface area contributed by atoms with Gasteiger partial charge in [0.05, 0.1) is 18.9 Å². The van der Waals surface area contributed by atoms with Crippen LogP contribution in [0.5, 0.6) is 11.5 Å². The largest absolute Gasteiger partial charge is 0.496 e. The van der Waals surface area contributed by atoms with Gasteiger partial charge in [-0.15, -0.1) is 11.3 Å². The van der Waals surface area contributed by atoms with E-state index < -0.39 is 0 Å². The maximum Gasteiger partial charge on any atom is 0.180 e. The van der Waals surface area contributed by atoms with Crippen molar-refractivity contribution in [2.75, 3.05) is 7.11 Å². The first kappa shape index (κ1) is 13.3. The Bertz CT molecular complexity index is 851. The van der Waals surface area contributed by atoms with Gasteiger partial charge in [0, 0.05) is 4.70 Å². The third-order valence-electron chi connectivity index (χ3n) is 3.91. The van der Waals surface area contributed by atoms with E-state index in [0.29, 0.717) is 17.0 Å². The van der Waals surface area contributed by atoms with Crippen molar-refractivity contribution in [1.29, 1.82) is 0 Å². The van der Waals surface area contributed by atoms with Gasteiger partial charge in [0.2, 0.25) is 0 Å². The molecule has 0 radical (unpaired) electrons. The summed E-state index contributed by atoms with van der Waals surface area (Å²) in [5.41, 5.74) is 1.02. The molecule has 110 valence electrons. The number of Topliss-reactive ketones (excluding diaryl/α,β-unsaturated/α-hetero) is 1. The van der Waals surface area contributed by atoms with E-state index in [1.165, 1.54) is 11.3 Å². The molecule has 0 aliphatic carbocycles. The molecule has 0 fully saturated rings. The van der Waals surface area contributed by atoms with Crippen molar-refractivity contribution in [1.82, 2.24) is 0 Å². The zero-order chi connectivity index (χ0) is 15.1. The lowest BCUT2D eigenvalue weighted by Crippen LogP contribution is -2.18. The molecule has 1 aromatic heterocycles. The Labute approximate surface area is 132 Å². The van der Waals surface area contributed by atoms with Gasteiger partial charge in [0.25, 0.3) is 0 Å². The second-order valence-corrected chi connectivity index (χ2v) is 6.29. The Hall–Kier alpha value is -2.33. The van der Waals surface area contributed by atoms with Crippen LogP contribution in [0.3, 0.4) is 0 Å². The number of hydrogen-bond donors (Lipinski definition) is 0. The highest BCUT2D eigenvalue weighted by Crippen LogP contribution is 2.48. The molecule has 2 heterocycles. The number of methoxy groups -OCH3 is 1. The summed E-state index contributed by atoms with van der Waals surface area (Å²) < 4.78 is 12.7. The third-order valence-corrected chi connectivity index (χ3v) is 5.09. The van der Waals surface area contributed by atoms with Crippen LogP contribution < -0.4 is 9.47 Å². The van der Waals surface area contributed by atoms with Crippen LogP contribution in [-0.4, -0.2) is 12.9 Å². The summed E-state index contributed by atoms with van der Waals surface area (Å²) in [7, 11) is 1.64. The van der Waals surface area contributed by atoms with Crippen molar-refractivity contribution in [3.05, 3.63) is 59.0 Å². The Morgan fingerprint density at radius 2 is 1.95 bits per heavy atom. The number of thiophene rings is 1. The van der Waals surface area contributed by atoms with Crippen LogP contribution in [0.4, 0.5) is 0 Å². The number of rotatable bonds is 2. The molecule has 2 aromatic carbocycles. The fraction of sp³-hybridized carbons (Fsp3) is 0.167. The Morgan fingerprint density at radius 1 is 1.14 bits per heavy atom. The molecule has 1 aliphatic rings. The maximum atomic E-state index is 12.5.